The van der Waals surface area contributed by atoms with Crippen molar-refractivity contribution in [1.82, 2.24) is 10.2 Å². The summed E-state index contributed by atoms with van der Waals surface area (Å²) in [5, 5.41) is 2.88. The zero-order valence-electron chi connectivity index (χ0n) is 20.3. The number of carbonyl (C=O) groups is 2. The van der Waals surface area contributed by atoms with Gasteiger partial charge in [0.15, 0.2) is 0 Å². The van der Waals surface area contributed by atoms with Crippen molar-refractivity contribution >= 4 is 27.5 Å². The molecule has 0 saturated carbocycles. The molecule has 2 rings (SSSR count). The first-order valence-corrected chi connectivity index (χ1v) is 12.9. The Morgan fingerprint density at radius 1 is 1.00 bits per heavy atom. The minimum Gasteiger partial charge on any atom is -0.354 e. The van der Waals surface area contributed by atoms with Crippen molar-refractivity contribution in [2.45, 2.75) is 47.2 Å². The van der Waals surface area contributed by atoms with E-state index in [1.54, 1.807) is 25.1 Å². The molecular weight excluding hydrogens is 438 g/mol. The molecule has 8 heteroatoms. The molecule has 0 aliphatic carbocycles. The minimum atomic E-state index is -3.73. The number of nitrogens with one attached hydrogen (secondary N) is 1. The number of hydrogen-bond acceptors (Lipinski definition) is 4. The average molecular weight is 474 g/mol. The summed E-state index contributed by atoms with van der Waals surface area (Å²) < 4.78 is 26.2. The maximum atomic E-state index is 13.5. The molecule has 0 fully saturated rings. The number of sulfonamides is 1. The molecule has 0 aliphatic heterocycles. The molecule has 33 heavy (non-hydrogen) atoms. The van der Waals surface area contributed by atoms with Crippen molar-refractivity contribution < 1.29 is 18.0 Å². The lowest BCUT2D eigenvalue weighted by Gasteiger charge is -2.32. The monoisotopic (exact) mass is 473 g/mol. The highest BCUT2D eigenvalue weighted by atomic mass is 32.2. The van der Waals surface area contributed by atoms with E-state index >= 15 is 0 Å². The van der Waals surface area contributed by atoms with Crippen LogP contribution in [0.3, 0.4) is 0 Å². The third-order valence-electron chi connectivity index (χ3n) is 5.42. The van der Waals surface area contributed by atoms with E-state index in [0.29, 0.717) is 12.2 Å². The van der Waals surface area contributed by atoms with Gasteiger partial charge in [0.25, 0.3) is 0 Å². The van der Waals surface area contributed by atoms with E-state index in [1.165, 1.54) is 4.90 Å². The number of amides is 2. The predicted octanol–water partition coefficient (Wildman–Crippen LogP) is 3.26. The van der Waals surface area contributed by atoms with Crippen molar-refractivity contribution in [3.8, 4) is 0 Å². The van der Waals surface area contributed by atoms with E-state index in [2.05, 4.69) is 5.32 Å². The molecule has 2 aromatic rings. The van der Waals surface area contributed by atoms with Crippen molar-refractivity contribution in [1.29, 1.82) is 0 Å². The van der Waals surface area contributed by atoms with Crippen LogP contribution in [0.25, 0.3) is 0 Å². The van der Waals surface area contributed by atoms with Gasteiger partial charge in [-0.1, -0.05) is 50.2 Å². The third-order valence-corrected chi connectivity index (χ3v) is 6.56. The lowest BCUT2D eigenvalue weighted by atomic mass is 10.1. The van der Waals surface area contributed by atoms with Crippen LogP contribution < -0.4 is 9.62 Å². The molecule has 0 radical (unpaired) electrons. The number of rotatable bonds is 10. The Labute approximate surface area is 197 Å². The van der Waals surface area contributed by atoms with Crippen LogP contribution in [0.4, 0.5) is 5.69 Å². The lowest BCUT2D eigenvalue weighted by Crippen LogP contribution is -2.51. The molecule has 1 atom stereocenters. The number of benzene rings is 2. The lowest BCUT2D eigenvalue weighted by molar-refractivity contribution is -0.139. The van der Waals surface area contributed by atoms with Crippen LogP contribution in [0, 0.1) is 19.8 Å². The molecule has 2 aromatic carbocycles. The average Bonchev–Trinajstić information content (AvgIpc) is 2.73. The molecular formula is C25H35N3O4S. The maximum Gasteiger partial charge on any atom is 0.244 e. The summed E-state index contributed by atoms with van der Waals surface area (Å²) in [6.07, 6.45) is 1.08. The molecule has 0 spiro atoms. The van der Waals surface area contributed by atoms with Crippen LogP contribution in [0.2, 0.25) is 0 Å². The number of anilines is 1. The molecule has 1 unspecified atom stereocenters. The van der Waals surface area contributed by atoms with Gasteiger partial charge in [-0.3, -0.25) is 13.9 Å². The first-order chi connectivity index (χ1) is 15.4. The van der Waals surface area contributed by atoms with Crippen molar-refractivity contribution in [2.24, 2.45) is 5.92 Å². The van der Waals surface area contributed by atoms with Crippen LogP contribution in [0.5, 0.6) is 0 Å². The van der Waals surface area contributed by atoms with Crippen LogP contribution in [-0.2, 0) is 26.2 Å². The molecule has 0 heterocycles. The van der Waals surface area contributed by atoms with Crippen molar-refractivity contribution in [3.05, 3.63) is 65.2 Å². The number of aryl methyl sites for hydroxylation is 2. The zero-order valence-corrected chi connectivity index (χ0v) is 21.1. The van der Waals surface area contributed by atoms with Gasteiger partial charge in [0.1, 0.15) is 12.6 Å². The van der Waals surface area contributed by atoms with Gasteiger partial charge in [-0.25, -0.2) is 8.42 Å². The Balaban J connectivity index is 2.38. The molecule has 2 amide bonds. The first-order valence-electron chi connectivity index (χ1n) is 11.1. The third kappa shape index (κ3) is 7.60. The Hall–Kier alpha value is -2.87. The summed E-state index contributed by atoms with van der Waals surface area (Å²) in [6, 6.07) is 13.9. The van der Waals surface area contributed by atoms with Gasteiger partial charge in [-0.05, 0) is 55.5 Å². The topological polar surface area (TPSA) is 86.8 Å². The van der Waals surface area contributed by atoms with Crippen molar-refractivity contribution in [3.63, 3.8) is 0 Å². The van der Waals surface area contributed by atoms with E-state index in [9.17, 15) is 18.0 Å². The molecule has 7 nitrogen and oxygen atoms in total. The predicted molar refractivity (Wildman–Crippen MR) is 132 cm³/mol. The summed E-state index contributed by atoms with van der Waals surface area (Å²) >= 11 is 0. The maximum absolute atomic E-state index is 13.5. The summed E-state index contributed by atoms with van der Waals surface area (Å²) in [6.45, 7) is 9.76. The second kappa shape index (κ2) is 11.3. The molecule has 0 bridgehead atoms. The molecule has 0 aliphatic rings. The van der Waals surface area contributed by atoms with E-state index in [4.69, 9.17) is 0 Å². The number of nitrogens with zero attached hydrogens (tertiary/aromatic N) is 2. The fourth-order valence-corrected chi connectivity index (χ4v) is 4.24. The van der Waals surface area contributed by atoms with Crippen LogP contribution in [-0.4, -0.2) is 50.5 Å². The fraction of sp³-hybridized carbons (Fsp3) is 0.440. The van der Waals surface area contributed by atoms with Gasteiger partial charge in [-0.2, -0.15) is 0 Å². The summed E-state index contributed by atoms with van der Waals surface area (Å²) in [5.41, 5.74) is 3.19. The Morgan fingerprint density at radius 3 is 2.24 bits per heavy atom. The summed E-state index contributed by atoms with van der Waals surface area (Å²) in [4.78, 5) is 27.8. The molecule has 1 N–H and O–H groups in total. The number of hydrogen-bond donors (Lipinski definition) is 1. The summed E-state index contributed by atoms with van der Waals surface area (Å²) in [5.74, 6) is -0.451. The Kier molecular flexibility index (Phi) is 9.05. The Morgan fingerprint density at radius 2 is 1.67 bits per heavy atom. The van der Waals surface area contributed by atoms with E-state index in [1.807, 2.05) is 58.0 Å². The summed E-state index contributed by atoms with van der Waals surface area (Å²) in [7, 11) is -3.73. The van der Waals surface area contributed by atoms with E-state index in [0.717, 1.165) is 27.3 Å². The van der Waals surface area contributed by atoms with Gasteiger partial charge in [0.2, 0.25) is 21.8 Å². The molecule has 0 saturated heterocycles. The quantitative estimate of drug-likeness (QED) is 0.574. The fourth-order valence-electron chi connectivity index (χ4n) is 3.40. The largest absolute Gasteiger partial charge is 0.354 e. The second-order valence-electron chi connectivity index (χ2n) is 8.87. The van der Waals surface area contributed by atoms with Crippen LogP contribution in [0.1, 0.15) is 37.5 Å². The number of carbonyl (C=O) groups excluding carboxylic acids is 2. The highest BCUT2D eigenvalue weighted by Crippen LogP contribution is 2.20. The standard InChI is InChI=1S/C25H35N3O4S/c1-18(2)15-26-25(30)21(5)27(16-22-12-8-7-11-20(22)4)24(29)17-28(33(6,31)32)23-13-9-10-19(3)14-23/h7-14,18,21H,15-17H2,1-6H3,(H,26,30). The van der Waals surface area contributed by atoms with Gasteiger partial charge >= 0.3 is 0 Å². The SMILES string of the molecule is Cc1cccc(N(CC(=O)N(Cc2ccccc2C)C(C)C(=O)NCC(C)C)S(C)(=O)=O)c1. The van der Waals surface area contributed by atoms with Gasteiger partial charge < -0.3 is 10.2 Å². The van der Waals surface area contributed by atoms with Gasteiger partial charge in [0.05, 0.1) is 11.9 Å². The van der Waals surface area contributed by atoms with E-state index < -0.39 is 28.5 Å². The zero-order chi connectivity index (χ0) is 24.8. The van der Waals surface area contributed by atoms with Crippen molar-refractivity contribution in [2.75, 3.05) is 23.7 Å². The molecule has 180 valence electrons. The van der Waals surface area contributed by atoms with Crippen LogP contribution in [0.15, 0.2) is 48.5 Å². The second-order valence-corrected chi connectivity index (χ2v) is 10.8. The smallest absolute Gasteiger partial charge is 0.244 e. The first kappa shape index (κ1) is 26.4. The molecule has 0 aromatic heterocycles. The van der Waals surface area contributed by atoms with E-state index in [-0.39, 0.29) is 18.4 Å². The van der Waals surface area contributed by atoms with Crippen LogP contribution >= 0.6 is 0 Å². The van der Waals surface area contributed by atoms with Gasteiger partial charge in [0, 0.05) is 13.1 Å². The minimum absolute atomic E-state index is 0.202. The van der Waals surface area contributed by atoms with Gasteiger partial charge in [-0.15, -0.1) is 0 Å². The highest BCUT2D eigenvalue weighted by Gasteiger charge is 2.30. The normalized spacial score (nSPS) is 12.3. The highest BCUT2D eigenvalue weighted by molar-refractivity contribution is 7.92. The Bertz CT molecular complexity index is 1080.